The van der Waals surface area contributed by atoms with E-state index in [0.29, 0.717) is 28.6 Å². The molecule has 0 unspecified atom stereocenters. The normalized spacial score (nSPS) is 23.9. The van der Waals surface area contributed by atoms with Gasteiger partial charge in [-0.25, -0.2) is 4.90 Å². The summed E-state index contributed by atoms with van der Waals surface area (Å²) in [4.78, 5) is 56.3. The van der Waals surface area contributed by atoms with Crippen molar-refractivity contribution >= 4 is 40.7 Å². The Morgan fingerprint density at radius 3 is 2.06 bits per heavy atom. The van der Waals surface area contributed by atoms with Crippen molar-refractivity contribution in [1.82, 2.24) is 0 Å². The molecule has 8 heteroatoms. The molecule has 0 saturated carbocycles. The van der Waals surface area contributed by atoms with E-state index in [2.05, 4.69) is 0 Å². The first kappa shape index (κ1) is 22.6. The minimum absolute atomic E-state index is 0.192. The molecule has 0 N–H and O–H groups in total. The lowest BCUT2D eigenvalue weighted by Gasteiger charge is -2.27. The molecule has 2 heterocycles. The van der Waals surface area contributed by atoms with Gasteiger partial charge in [-0.05, 0) is 48.9 Å². The zero-order chi connectivity index (χ0) is 25.2. The quantitative estimate of drug-likeness (QED) is 0.388. The molecule has 180 valence electrons. The summed E-state index contributed by atoms with van der Waals surface area (Å²) >= 11 is 6.06. The summed E-state index contributed by atoms with van der Waals surface area (Å²) in [6.45, 7) is 2.32. The number of carbonyl (C=O) groups is 4. The molecule has 3 aromatic rings. The molecule has 0 radical (unpaired) electrons. The Kier molecular flexibility index (Phi) is 5.10. The van der Waals surface area contributed by atoms with E-state index >= 15 is 0 Å². The van der Waals surface area contributed by atoms with Crippen LogP contribution in [0.15, 0.2) is 72.8 Å². The van der Waals surface area contributed by atoms with Crippen molar-refractivity contribution in [2.45, 2.75) is 18.6 Å². The lowest BCUT2D eigenvalue weighted by Crippen LogP contribution is -2.51. The van der Waals surface area contributed by atoms with Gasteiger partial charge in [-0.1, -0.05) is 48.0 Å². The van der Waals surface area contributed by atoms with Crippen LogP contribution < -0.4 is 9.64 Å². The van der Waals surface area contributed by atoms with Gasteiger partial charge in [0, 0.05) is 16.1 Å². The summed E-state index contributed by atoms with van der Waals surface area (Å²) in [6, 6.07) is 19.6. The van der Waals surface area contributed by atoms with Crippen LogP contribution in [0.2, 0.25) is 5.02 Å². The summed E-state index contributed by atoms with van der Waals surface area (Å²) in [6.07, 6.45) is -0.987. The Hall–Kier alpha value is -3.81. The average Bonchev–Trinajstić information content (AvgIpc) is 3.45. The van der Waals surface area contributed by atoms with Crippen LogP contribution in [-0.4, -0.2) is 35.6 Å². The number of carbonyl (C=O) groups excluding carboxylic acids is 4. The van der Waals surface area contributed by atoms with Crippen LogP contribution in [0.1, 0.15) is 39.3 Å². The summed E-state index contributed by atoms with van der Waals surface area (Å²) in [5.41, 5.74) is -0.831. The second-order valence-electron chi connectivity index (χ2n) is 8.97. The Morgan fingerprint density at radius 1 is 0.861 bits per heavy atom. The molecule has 3 atom stereocenters. The molecular formula is C28H20ClNO6. The number of fused-ring (bicyclic) bond motifs is 3. The predicted octanol–water partition coefficient (Wildman–Crippen LogP) is 4.43. The molecule has 2 fully saturated rings. The fraction of sp³-hybridized carbons (Fsp3) is 0.214. The zero-order valence-electron chi connectivity index (χ0n) is 19.1. The van der Waals surface area contributed by atoms with Crippen LogP contribution in [-0.2, 0) is 14.3 Å². The topological polar surface area (TPSA) is 90.0 Å². The number of rotatable bonds is 4. The maximum atomic E-state index is 13.9. The molecule has 7 nitrogen and oxygen atoms in total. The van der Waals surface area contributed by atoms with Gasteiger partial charge in [0.25, 0.3) is 0 Å². The van der Waals surface area contributed by atoms with Crippen LogP contribution >= 0.6 is 11.6 Å². The number of hydrogen-bond donors (Lipinski definition) is 0. The number of benzene rings is 3. The van der Waals surface area contributed by atoms with Crippen LogP contribution in [0, 0.1) is 11.8 Å². The third-order valence-corrected chi connectivity index (χ3v) is 7.38. The molecule has 0 bridgehead atoms. The number of Topliss-reactive ketones (excluding diaryl/α,β-unsaturated/α-hetero) is 2. The average molecular weight is 502 g/mol. The molecule has 1 spiro atoms. The van der Waals surface area contributed by atoms with Crippen LogP contribution in [0.4, 0.5) is 5.69 Å². The second kappa shape index (κ2) is 8.11. The fourth-order valence-electron chi connectivity index (χ4n) is 5.58. The number of anilines is 1. The SMILES string of the molecule is CCOc1ccc(N2C(=O)[C@@H]3[C@@H](c4ccc(Cl)cc4)OC4(C(=O)c5ccccc5C4=O)[C@@H]3C2=O)cc1. The first-order valence-corrected chi connectivity index (χ1v) is 12.0. The molecule has 2 aliphatic heterocycles. The Balaban J connectivity index is 1.49. The summed E-state index contributed by atoms with van der Waals surface area (Å²) in [5.74, 6) is -4.12. The maximum Gasteiger partial charge on any atom is 0.241 e. The third-order valence-electron chi connectivity index (χ3n) is 7.12. The number of imide groups is 1. The smallest absolute Gasteiger partial charge is 0.241 e. The highest BCUT2D eigenvalue weighted by atomic mass is 35.5. The molecule has 1 aliphatic carbocycles. The first-order valence-electron chi connectivity index (χ1n) is 11.6. The van der Waals surface area contributed by atoms with Crippen molar-refractivity contribution in [3.63, 3.8) is 0 Å². The summed E-state index contributed by atoms with van der Waals surface area (Å²) in [7, 11) is 0. The Bertz CT molecular complexity index is 1400. The lowest BCUT2D eigenvalue weighted by atomic mass is 9.77. The Morgan fingerprint density at radius 2 is 1.47 bits per heavy atom. The predicted molar refractivity (Wildman–Crippen MR) is 130 cm³/mol. The van der Waals surface area contributed by atoms with Gasteiger partial charge in [0.2, 0.25) is 29.0 Å². The molecule has 0 aromatic heterocycles. The number of amides is 2. The van der Waals surface area contributed by atoms with Gasteiger partial charge in [-0.15, -0.1) is 0 Å². The van der Waals surface area contributed by atoms with Gasteiger partial charge in [0.1, 0.15) is 5.75 Å². The van der Waals surface area contributed by atoms with E-state index in [1.807, 2.05) is 6.92 Å². The minimum atomic E-state index is -2.11. The van der Waals surface area contributed by atoms with E-state index in [-0.39, 0.29) is 11.1 Å². The molecule has 2 amide bonds. The third kappa shape index (κ3) is 2.96. The minimum Gasteiger partial charge on any atom is -0.494 e. The molecule has 36 heavy (non-hydrogen) atoms. The van der Waals surface area contributed by atoms with Crippen LogP contribution in [0.5, 0.6) is 5.75 Å². The van der Waals surface area contributed by atoms with E-state index in [4.69, 9.17) is 21.1 Å². The van der Waals surface area contributed by atoms with Gasteiger partial charge in [-0.3, -0.25) is 19.2 Å². The highest BCUT2D eigenvalue weighted by molar-refractivity contribution is 6.37. The van der Waals surface area contributed by atoms with E-state index in [1.165, 1.54) is 0 Å². The number of nitrogens with zero attached hydrogens (tertiary/aromatic N) is 1. The second-order valence-corrected chi connectivity index (χ2v) is 9.41. The highest BCUT2D eigenvalue weighted by Crippen LogP contribution is 2.57. The van der Waals surface area contributed by atoms with Crippen molar-refractivity contribution in [1.29, 1.82) is 0 Å². The van der Waals surface area contributed by atoms with Crippen molar-refractivity contribution in [3.05, 3.63) is 94.5 Å². The van der Waals surface area contributed by atoms with Crippen LogP contribution in [0.25, 0.3) is 0 Å². The van der Waals surface area contributed by atoms with Gasteiger partial charge in [0.15, 0.2) is 0 Å². The number of halogens is 1. The standard InChI is InChI=1S/C28H20ClNO6/c1-2-35-18-13-11-17(12-14-18)30-26(33)21-22(27(30)34)28(36-23(21)15-7-9-16(29)10-8-15)24(31)19-5-3-4-6-20(19)25(28)32/h3-14,21-23H,2H2,1H3/t21-,22-,23+/m0/s1. The lowest BCUT2D eigenvalue weighted by molar-refractivity contribution is -0.127. The summed E-state index contributed by atoms with van der Waals surface area (Å²) in [5, 5.41) is 0.480. The Labute approximate surface area is 211 Å². The molecular weight excluding hydrogens is 482 g/mol. The zero-order valence-corrected chi connectivity index (χ0v) is 19.9. The van der Waals surface area contributed by atoms with E-state index in [9.17, 15) is 19.2 Å². The summed E-state index contributed by atoms with van der Waals surface area (Å²) < 4.78 is 11.7. The van der Waals surface area contributed by atoms with Crippen molar-refractivity contribution in [3.8, 4) is 5.75 Å². The monoisotopic (exact) mass is 501 g/mol. The van der Waals surface area contributed by atoms with Gasteiger partial charge in [0.05, 0.1) is 30.2 Å². The van der Waals surface area contributed by atoms with Gasteiger partial charge in [-0.2, -0.15) is 0 Å². The molecule has 3 aliphatic rings. The van der Waals surface area contributed by atoms with E-state index in [0.717, 1.165) is 4.90 Å². The van der Waals surface area contributed by atoms with E-state index in [1.54, 1.807) is 72.8 Å². The van der Waals surface area contributed by atoms with Crippen LogP contribution in [0.3, 0.4) is 0 Å². The fourth-order valence-corrected chi connectivity index (χ4v) is 5.71. The molecule has 2 saturated heterocycles. The molecule has 3 aromatic carbocycles. The van der Waals surface area contributed by atoms with Crippen molar-refractivity contribution in [2.75, 3.05) is 11.5 Å². The number of ether oxygens (including phenoxy) is 2. The number of hydrogen-bond acceptors (Lipinski definition) is 6. The maximum absolute atomic E-state index is 13.9. The van der Waals surface area contributed by atoms with E-state index < -0.39 is 46.9 Å². The number of ketones is 2. The largest absolute Gasteiger partial charge is 0.494 e. The van der Waals surface area contributed by atoms with Crippen molar-refractivity contribution < 1.29 is 28.7 Å². The van der Waals surface area contributed by atoms with Crippen molar-refractivity contribution in [2.24, 2.45) is 11.8 Å². The van der Waals surface area contributed by atoms with Gasteiger partial charge < -0.3 is 9.47 Å². The first-order chi connectivity index (χ1) is 17.4. The van der Waals surface area contributed by atoms with Gasteiger partial charge >= 0.3 is 0 Å². The molecule has 6 rings (SSSR count). The highest BCUT2D eigenvalue weighted by Gasteiger charge is 2.74.